The summed E-state index contributed by atoms with van der Waals surface area (Å²) in [7, 11) is -3.62. The van der Waals surface area contributed by atoms with Gasteiger partial charge >= 0.3 is 0 Å². The van der Waals surface area contributed by atoms with E-state index in [0.717, 1.165) is 31.2 Å². The molecule has 0 fully saturated rings. The summed E-state index contributed by atoms with van der Waals surface area (Å²) in [5.74, 6) is -0.121. The molecule has 116 valence electrons. The molecule has 1 aromatic carbocycles. The van der Waals surface area contributed by atoms with Crippen LogP contribution in [0.5, 0.6) is 0 Å². The average Bonchev–Trinajstić information content (AvgIpc) is 2.43. The second-order valence-electron chi connectivity index (χ2n) is 6.64. The highest BCUT2D eigenvalue weighted by atomic mass is 32.2. The number of benzene rings is 1. The summed E-state index contributed by atoms with van der Waals surface area (Å²) in [6.45, 7) is 5.18. The first-order valence-corrected chi connectivity index (χ1v) is 8.83. The zero-order valence-corrected chi connectivity index (χ0v) is 13.7. The Morgan fingerprint density at radius 2 is 1.76 bits per heavy atom. The Bertz CT molecular complexity index is 642. The van der Waals surface area contributed by atoms with Gasteiger partial charge in [-0.05, 0) is 48.9 Å². The number of carbonyl (C=O) groups is 1. The van der Waals surface area contributed by atoms with Crippen molar-refractivity contribution in [1.29, 1.82) is 0 Å². The van der Waals surface area contributed by atoms with E-state index in [1.165, 1.54) is 5.56 Å². The Kier molecular flexibility index (Phi) is 4.54. The first kappa shape index (κ1) is 16.2. The fourth-order valence-corrected chi connectivity index (χ4v) is 3.42. The van der Waals surface area contributed by atoms with Gasteiger partial charge in [-0.3, -0.25) is 4.79 Å². The fraction of sp³-hybridized carbons (Fsp3) is 0.562. The molecule has 21 heavy (non-hydrogen) atoms. The minimum Gasteiger partial charge on any atom is -0.298 e. The third-order valence-electron chi connectivity index (χ3n) is 3.89. The summed E-state index contributed by atoms with van der Waals surface area (Å²) in [4.78, 5) is 12.1. The standard InChI is InChI=1S/C16H23NO3S/c1-16(2,3)15(18)11-17-21(19,20)14-9-8-12-6-4-5-7-13(12)10-14/h8-10,17H,4-7,11H2,1-3H3. The van der Waals surface area contributed by atoms with E-state index in [1.54, 1.807) is 32.9 Å². The summed E-state index contributed by atoms with van der Waals surface area (Å²) < 4.78 is 27.0. The number of hydrogen-bond acceptors (Lipinski definition) is 3. The molecule has 0 unspecified atom stereocenters. The highest BCUT2D eigenvalue weighted by Gasteiger charge is 2.24. The van der Waals surface area contributed by atoms with Crippen molar-refractivity contribution in [2.75, 3.05) is 6.54 Å². The Hall–Kier alpha value is -1.20. The minimum absolute atomic E-state index is 0.121. The third kappa shape index (κ3) is 3.92. The molecular weight excluding hydrogens is 286 g/mol. The highest BCUT2D eigenvalue weighted by molar-refractivity contribution is 7.89. The largest absolute Gasteiger partial charge is 0.298 e. The first-order valence-electron chi connectivity index (χ1n) is 7.35. The van der Waals surface area contributed by atoms with Crippen LogP contribution >= 0.6 is 0 Å². The quantitative estimate of drug-likeness (QED) is 0.929. The molecule has 0 spiro atoms. The number of fused-ring (bicyclic) bond motifs is 1. The van der Waals surface area contributed by atoms with Crippen LogP contribution in [0.25, 0.3) is 0 Å². The van der Waals surface area contributed by atoms with Crippen molar-refractivity contribution < 1.29 is 13.2 Å². The predicted molar refractivity (Wildman–Crippen MR) is 82.7 cm³/mol. The zero-order chi connectivity index (χ0) is 15.7. The molecule has 1 aliphatic carbocycles. The Morgan fingerprint density at radius 3 is 2.38 bits per heavy atom. The number of rotatable bonds is 4. The Morgan fingerprint density at radius 1 is 1.14 bits per heavy atom. The van der Waals surface area contributed by atoms with Gasteiger partial charge in [0.25, 0.3) is 0 Å². The van der Waals surface area contributed by atoms with Crippen LogP contribution in [0.15, 0.2) is 23.1 Å². The summed E-state index contributed by atoms with van der Waals surface area (Å²) in [6.07, 6.45) is 4.22. The van der Waals surface area contributed by atoms with Crippen molar-refractivity contribution in [3.63, 3.8) is 0 Å². The van der Waals surface area contributed by atoms with Gasteiger partial charge in [-0.1, -0.05) is 26.8 Å². The van der Waals surface area contributed by atoms with E-state index in [0.29, 0.717) is 0 Å². The van der Waals surface area contributed by atoms with Gasteiger partial charge in [-0.2, -0.15) is 0 Å². The predicted octanol–water partition coefficient (Wildman–Crippen LogP) is 2.46. The van der Waals surface area contributed by atoms with Crippen LogP contribution in [0.1, 0.15) is 44.7 Å². The molecule has 0 atom stereocenters. The van der Waals surface area contributed by atoms with Gasteiger partial charge in [0.1, 0.15) is 0 Å². The van der Waals surface area contributed by atoms with Crippen LogP contribution in [0.2, 0.25) is 0 Å². The first-order chi connectivity index (χ1) is 9.70. The van der Waals surface area contributed by atoms with Gasteiger partial charge < -0.3 is 0 Å². The molecule has 0 saturated carbocycles. The van der Waals surface area contributed by atoms with Crippen LogP contribution in [-0.4, -0.2) is 20.7 Å². The van der Waals surface area contributed by atoms with Crippen LogP contribution in [0.4, 0.5) is 0 Å². The van der Waals surface area contributed by atoms with Crippen LogP contribution < -0.4 is 4.72 Å². The van der Waals surface area contributed by atoms with Crippen molar-refractivity contribution in [1.82, 2.24) is 4.72 Å². The Labute approximate surface area is 127 Å². The van der Waals surface area contributed by atoms with Crippen molar-refractivity contribution in [2.24, 2.45) is 5.41 Å². The summed E-state index contributed by atoms with van der Waals surface area (Å²) in [6, 6.07) is 5.28. The van der Waals surface area contributed by atoms with Crippen molar-refractivity contribution in [3.05, 3.63) is 29.3 Å². The lowest BCUT2D eigenvalue weighted by molar-refractivity contribution is -0.125. The second kappa shape index (κ2) is 5.89. The molecule has 4 nitrogen and oxygen atoms in total. The van der Waals surface area contributed by atoms with Gasteiger partial charge in [0, 0.05) is 5.41 Å². The van der Waals surface area contributed by atoms with Gasteiger partial charge in [-0.25, -0.2) is 13.1 Å². The smallest absolute Gasteiger partial charge is 0.240 e. The van der Waals surface area contributed by atoms with Gasteiger partial charge in [0.2, 0.25) is 10.0 Å². The number of aryl methyl sites for hydroxylation is 2. The molecule has 0 amide bonds. The number of ketones is 1. The number of nitrogens with one attached hydrogen (secondary N) is 1. The lowest BCUT2D eigenvalue weighted by Crippen LogP contribution is -2.35. The van der Waals surface area contributed by atoms with E-state index in [9.17, 15) is 13.2 Å². The third-order valence-corrected chi connectivity index (χ3v) is 5.29. The maximum atomic E-state index is 12.3. The van der Waals surface area contributed by atoms with Crippen LogP contribution in [-0.2, 0) is 27.7 Å². The molecule has 0 aromatic heterocycles. The molecule has 0 aliphatic heterocycles. The molecule has 1 aliphatic rings. The lowest BCUT2D eigenvalue weighted by atomic mass is 9.91. The molecule has 0 saturated heterocycles. The second-order valence-corrected chi connectivity index (χ2v) is 8.40. The SMILES string of the molecule is CC(C)(C)C(=O)CNS(=O)(=O)c1ccc2c(c1)CCCC2. The van der Waals surface area contributed by atoms with E-state index < -0.39 is 15.4 Å². The Balaban J connectivity index is 2.15. The van der Waals surface area contributed by atoms with E-state index in [4.69, 9.17) is 0 Å². The molecular formula is C16H23NO3S. The van der Waals surface area contributed by atoms with Crippen LogP contribution in [0, 0.1) is 5.41 Å². The van der Waals surface area contributed by atoms with E-state index >= 15 is 0 Å². The number of Topliss-reactive ketones (excluding diaryl/α,β-unsaturated/α-hetero) is 1. The maximum absolute atomic E-state index is 12.3. The molecule has 5 heteroatoms. The van der Waals surface area contributed by atoms with Crippen molar-refractivity contribution in [3.8, 4) is 0 Å². The lowest BCUT2D eigenvalue weighted by Gasteiger charge is -2.18. The van der Waals surface area contributed by atoms with E-state index in [1.807, 2.05) is 6.07 Å². The minimum atomic E-state index is -3.62. The summed E-state index contributed by atoms with van der Waals surface area (Å²) in [5.41, 5.74) is 1.82. The van der Waals surface area contributed by atoms with Crippen molar-refractivity contribution in [2.45, 2.75) is 51.3 Å². The van der Waals surface area contributed by atoms with E-state index in [-0.39, 0.29) is 17.2 Å². The highest BCUT2D eigenvalue weighted by Crippen LogP contribution is 2.24. The van der Waals surface area contributed by atoms with Gasteiger partial charge in [0.05, 0.1) is 11.4 Å². The normalized spacial score (nSPS) is 15.6. The number of sulfonamides is 1. The molecule has 2 rings (SSSR count). The molecule has 0 heterocycles. The number of carbonyl (C=O) groups excluding carboxylic acids is 1. The average molecular weight is 309 g/mol. The van der Waals surface area contributed by atoms with Gasteiger partial charge in [-0.15, -0.1) is 0 Å². The topological polar surface area (TPSA) is 63.2 Å². The number of hydrogen-bond donors (Lipinski definition) is 1. The molecule has 0 bridgehead atoms. The fourth-order valence-electron chi connectivity index (χ4n) is 2.39. The van der Waals surface area contributed by atoms with E-state index in [2.05, 4.69) is 4.72 Å². The summed E-state index contributed by atoms with van der Waals surface area (Å²) in [5, 5.41) is 0. The zero-order valence-electron chi connectivity index (χ0n) is 12.9. The summed E-state index contributed by atoms with van der Waals surface area (Å²) >= 11 is 0. The van der Waals surface area contributed by atoms with Crippen molar-refractivity contribution >= 4 is 15.8 Å². The van der Waals surface area contributed by atoms with Crippen LogP contribution in [0.3, 0.4) is 0 Å². The monoisotopic (exact) mass is 309 g/mol. The molecule has 1 aromatic rings. The maximum Gasteiger partial charge on any atom is 0.240 e. The molecule has 0 radical (unpaired) electrons. The molecule has 1 N–H and O–H groups in total. The van der Waals surface area contributed by atoms with Gasteiger partial charge in [0.15, 0.2) is 5.78 Å².